The van der Waals surface area contributed by atoms with Crippen LogP contribution in [0, 0.1) is 6.92 Å². The zero-order valence-electron chi connectivity index (χ0n) is 22.8. The number of nitrogens with one attached hydrogen (secondary N) is 1. The zero-order chi connectivity index (χ0) is 27.2. The molecule has 1 fully saturated rings. The Bertz CT molecular complexity index is 1580. The fraction of sp³-hybridized carbons (Fsp3) is 0.429. The minimum atomic E-state index is -2.07. The molecule has 0 radical (unpaired) electrons. The summed E-state index contributed by atoms with van der Waals surface area (Å²) in [4.78, 5) is 27.1. The van der Waals surface area contributed by atoms with Crippen LogP contribution in [0.5, 0.6) is 0 Å². The van der Waals surface area contributed by atoms with Crippen LogP contribution in [-0.4, -0.2) is 45.6 Å². The molecular weight excluding hydrogens is 498 g/mol. The quantitative estimate of drug-likeness (QED) is 0.357. The number of aromatic nitrogens is 5. The van der Waals surface area contributed by atoms with E-state index >= 15 is 0 Å². The number of aryl methyl sites for hydroxylation is 1. The number of benzene rings is 2. The molecule has 1 aliphatic heterocycles. The Hall–Kier alpha value is -3.34. The van der Waals surface area contributed by atoms with Crippen LogP contribution in [0.25, 0.3) is 22.0 Å². The number of H-pyrrole nitrogens is 1. The lowest BCUT2D eigenvalue weighted by Gasteiger charge is -2.37. The topological polar surface area (TPSA) is 104 Å². The Labute approximate surface area is 222 Å². The highest BCUT2D eigenvalue weighted by Gasteiger charge is 2.43. The van der Waals surface area contributed by atoms with Crippen molar-refractivity contribution in [2.75, 3.05) is 6.61 Å². The largest absolute Gasteiger partial charge is 0.414 e. The Kier molecular flexibility index (Phi) is 6.74. The highest BCUT2D eigenvalue weighted by molar-refractivity contribution is 6.74. The van der Waals surface area contributed by atoms with Crippen LogP contribution in [0.4, 0.5) is 0 Å². The van der Waals surface area contributed by atoms with Crippen molar-refractivity contribution in [2.24, 2.45) is 0 Å². The third-order valence-electron chi connectivity index (χ3n) is 8.03. The van der Waals surface area contributed by atoms with E-state index in [9.17, 15) is 9.59 Å². The number of aromatic amines is 1. The van der Waals surface area contributed by atoms with E-state index < -0.39 is 25.8 Å². The summed E-state index contributed by atoms with van der Waals surface area (Å²) in [6.45, 7) is 13.1. The molecule has 3 heterocycles. The van der Waals surface area contributed by atoms with Gasteiger partial charge in [0.2, 0.25) is 0 Å². The highest BCUT2D eigenvalue weighted by Crippen LogP contribution is 2.41. The number of nitrogens with zero attached hydrogens (tertiary/aromatic N) is 4. The van der Waals surface area contributed by atoms with Crippen molar-refractivity contribution in [3.05, 3.63) is 81.3 Å². The molecule has 3 atom stereocenters. The minimum absolute atomic E-state index is 0.0365. The number of ether oxygens (including phenoxy) is 1. The first-order valence-electron chi connectivity index (χ1n) is 13.0. The van der Waals surface area contributed by atoms with Gasteiger partial charge in [-0.15, -0.1) is 5.10 Å². The van der Waals surface area contributed by atoms with Crippen molar-refractivity contribution in [3.63, 3.8) is 0 Å². The van der Waals surface area contributed by atoms with E-state index in [1.165, 1.54) is 4.57 Å². The van der Waals surface area contributed by atoms with Gasteiger partial charge in [0, 0.05) is 23.7 Å². The molecule has 0 unspecified atom stereocenters. The molecule has 0 saturated carbocycles. The second-order valence-corrected chi connectivity index (χ2v) is 16.4. The Balaban J connectivity index is 1.55. The van der Waals surface area contributed by atoms with E-state index in [0.717, 1.165) is 22.0 Å². The van der Waals surface area contributed by atoms with Crippen LogP contribution in [0.15, 0.2) is 64.4 Å². The van der Waals surface area contributed by atoms with Crippen LogP contribution in [0.3, 0.4) is 0 Å². The van der Waals surface area contributed by atoms with Gasteiger partial charge in [-0.05, 0) is 35.8 Å². The van der Waals surface area contributed by atoms with E-state index in [1.807, 2.05) is 22.9 Å². The van der Waals surface area contributed by atoms with Gasteiger partial charge >= 0.3 is 5.69 Å². The molecule has 200 valence electrons. The predicted molar refractivity (Wildman–Crippen MR) is 150 cm³/mol. The second kappa shape index (κ2) is 9.76. The first-order valence-corrected chi connectivity index (χ1v) is 15.9. The van der Waals surface area contributed by atoms with Crippen molar-refractivity contribution in [3.8, 4) is 11.3 Å². The molecule has 0 aliphatic carbocycles. The van der Waals surface area contributed by atoms with Gasteiger partial charge in [-0.25, -0.2) is 9.48 Å². The van der Waals surface area contributed by atoms with Crippen LogP contribution in [0.2, 0.25) is 18.1 Å². The van der Waals surface area contributed by atoms with E-state index in [0.29, 0.717) is 18.6 Å². The van der Waals surface area contributed by atoms with Crippen LogP contribution in [-0.2, 0) is 9.16 Å². The lowest BCUT2D eigenvalue weighted by atomic mass is 10.0. The summed E-state index contributed by atoms with van der Waals surface area (Å²) in [5.74, 6) is 0. The summed E-state index contributed by atoms with van der Waals surface area (Å²) in [5, 5.41) is 11.1. The van der Waals surface area contributed by atoms with Crippen LogP contribution in [0.1, 0.15) is 45.0 Å². The van der Waals surface area contributed by atoms with Crippen molar-refractivity contribution in [1.82, 2.24) is 24.5 Å². The minimum Gasteiger partial charge on any atom is -0.414 e. The summed E-state index contributed by atoms with van der Waals surface area (Å²) in [7, 11) is -2.07. The normalized spacial score (nSPS) is 20.3. The van der Waals surface area contributed by atoms with Crippen molar-refractivity contribution in [1.29, 1.82) is 0 Å². The molecule has 9 nitrogen and oxygen atoms in total. The molecule has 1 aliphatic rings. The zero-order valence-corrected chi connectivity index (χ0v) is 23.8. The van der Waals surface area contributed by atoms with Gasteiger partial charge in [0.1, 0.15) is 12.3 Å². The van der Waals surface area contributed by atoms with Gasteiger partial charge in [-0.2, -0.15) is 0 Å². The summed E-state index contributed by atoms with van der Waals surface area (Å²) in [6, 6.07) is 14.2. The Morgan fingerprint density at radius 3 is 2.63 bits per heavy atom. The van der Waals surface area contributed by atoms with Crippen LogP contribution < -0.4 is 11.2 Å². The van der Waals surface area contributed by atoms with Gasteiger partial charge in [0.15, 0.2) is 8.32 Å². The Morgan fingerprint density at radius 2 is 1.87 bits per heavy atom. The number of hydrogen-bond acceptors (Lipinski definition) is 6. The molecule has 0 spiro atoms. The average molecular weight is 534 g/mol. The summed E-state index contributed by atoms with van der Waals surface area (Å²) in [6.07, 6.45) is 2.85. The van der Waals surface area contributed by atoms with Crippen molar-refractivity contribution >= 4 is 19.1 Å². The fourth-order valence-electron chi connectivity index (χ4n) is 4.73. The molecule has 10 heteroatoms. The third-order valence-corrected chi connectivity index (χ3v) is 12.5. The van der Waals surface area contributed by atoms with E-state index in [4.69, 9.17) is 9.16 Å². The monoisotopic (exact) mass is 533 g/mol. The average Bonchev–Trinajstić information content (AvgIpc) is 3.51. The molecule has 4 aromatic rings. The highest BCUT2D eigenvalue weighted by atomic mass is 28.4. The number of rotatable bonds is 6. The van der Waals surface area contributed by atoms with Gasteiger partial charge in [-0.3, -0.25) is 14.3 Å². The summed E-state index contributed by atoms with van der Waals surface area (Å²) in [5.41, 5.74) is 1.45. The maximum Gasteiger partial charge on any atom is 0.330 e. The fourth-order valence-corrected chi connectivity index (χ4v) is 5.74. The smallest absolute Gasteiger partial charge is 0.330 e. The van der Waals surface area contributed by atoms with Crippen LogP contribution >= 0.6 is 0 Å². The van der Waals surface area contributed by atoms with Crippen molar-refractivity contribution < 1.29 is 9.16 Å². The van der Waals surface area contributed by atoms with E-state index in [1.54, 1.807) is 19.3 Å². The van der Waals surface area contributed by atoms with Gasteiger partial charge in [0.25, 0.3) is 5.56 Å². The van der Waals surface area contributed by atoms with Gasteiger partial charge in [0.05, 0.1) is 24.5 Å². The maximum absolute atomic E-state index is 12.7. The van der Waals surface area contributed by atoms with Crippen molar-refractivity contribution in [2.45, 2.75) is 70.6 Å². The molecule has 1 saturated heterocycles. The number of hydrogen-bond donors (Lipinski definition) is 1. The molecule has 2 aromatic carbocycles. The summed E-state index contributed by atoms with van der Waals surface area (Å²) < 4.78 is 16.5. The van der Waals surface area contributed by atoms with E-state index in [-0.39, 0.29) is 17.2 Å². The summed E-state index contributed by atoms with van der Waals surface area (Å²) >= 11 is 0. The lowest BCUT2D eigenvalue weighted by Crippen LogP contribution is -2.43. The second-order valence-electron chi connectivity index (χ2n) is 11.6. The molecule has 2 aromatic heterocycles. The standard InChI is InChI=1S/C28H35N5O4Si/c1-18-16-32(27(35)30-26(18)34)25-14-22(24(37-25)17-36-38(5,6)28(2,3)4)33-23(15-29-31-33)21-13-9-11-19-10-7-8-12-20(19)21/h7-13,15-16,22,24-25H,14,17H2,1-6H3,(H,30,34,35)/t22-,24+,25+/m0/s1. The molecule has 38 heavy (non-hydrogen) atoms. The SMILES string of the molecule is Cc1cn([C@H]2C[C@H](n3nncc3-c3cccc4ccccc34)[C@@H](CO[Si](C)(C)C(C)(C)C)O2)c(=O)[nH]c1=O. The lowest BCUT2D eigenvalue weighted by molar-refractivity contribution is -0.0296. The Morgan fingerprint density at radius 1 is 1.13 bits per heavy atom. The van der Waals surface area contributed by atoms with Gasteiger partial charge in [-0.1, -0.05) is 68.4 Å². The van der Waals surface area contributed by atoms with Gasteiger partial charge < -0.3 is 9.16 Å². The number of fused-ring (bicyclic) bond motifs is 1. The maximum atomic E-state index is 12.7. The predicted octanol–water partition coefficient (Wildman–Crippen LogP) is 4.81. The molecule has 1 N–H and O–H groups in total. The molecule has 5 rings (SSSR count). The third kappa shape index (κ3) is 4.79. The van der Waals surface area contributed by atoms with E-state index in [2.05, 4.69) is 73.4 Å². The molecule has 0 bridgehead atoms. The first kappa shape index (κ1) is 26.3. The molecular formula is C28H35N5O4Si. The molecule has 0 amide bonds. The first-order chi connectivity index (χ1) is 18.0.